The average Bonchev–Trinajstić information content (AvgIpc) is 2.95. The number of nitrogens with one attached hydrogen (secondary N) is 2. The number of rotatable bonds is 7. The van der Waals surface area contributed by atoms with Crippen LogP contribution in [-0.4, -0.2) is 33.8 Å². The fourth-order valence-electron chi connectivity index (χ4n) is 3.03. The Bertz CT molecular complexity index is 447. The third-order valence-corrected chi connectivity index (χ3v) is 4.33. The lowest BCUT2D eigenvalue weighted by Gasteiger charge is -2.21. The monoisotopic (exact) mass is 306 g/mol. The summed E-state index contributed by atoms with van der Waals surface area (Å²) in [6, 6.07) is 0. The summed E-state index contributed by atoms with van der Waals surface area (Å²) in [5.74, 6) is 2.70. The predicted molar refractivity (Wildman–Crippen MR) is 89.6 cm³/mol. The van der Waals surface area contributed by atoms with Crippen molar-refractivity contribution in [1.82, 2.24) is 25.4 Å². The van der Waals surface area contributed by atoms with Gasteiger partial charge in [0.1, 0.15) is 18.7 Å². The highest BCUT2D eigenvalue weighted by atomic mass is 15.3. The maximum Gasteiger partial charge on any atom is 0.191 e. The van der Waals surface area contributed by atoms with Crippen molar-refractivity contribution in [3.8, 4) is 0 Å². The lowest BCUT2D eigenvalue weighted by atomic mass is 9.86. The minimum Gasteiger partial charge on any atom is -0.357 e. The zero-order valence-electron chi connectivity index (χ0n) is 14.0. The molecule has 6 nitrogen and oxygen atoms in total. The molecule has 0 amide bonds. The highest BCUT2D eigenvalue weighted by molar-refractivity contribution is 5.79. The molecule has 22 heavy (non-hydrogen) atoms. The van der Waals surface area contributed by atoms with E-state index < -0.39 is 0 Å². The average molecular weight is 306 g/mol. The van der Waals surface area contributed by atoms with Crippen LogP contribution in [0.4, 0.5) is 0 Å². The van der Waals surface area contributed by atoms with Gasteiger partial charge in [-0.05, 0) is 25.7 Å². The van der Waals surface area contributed by atoms with Gasteiger partial charge in [-0.25, -0.2) is 9.98 Å². The third-order valence-electron chi connectivity index (χ3n) is 4.33. The van der Waals surface area contributed by atoms with Gasteiger partial charge in [0.15, 0.2) is 5.96 Å². The Morgan fingerprint density at radius 1 is 1.32 bits per heavy atom. The summed E-state index contributed by atoms with van der Waals surface area (Å²) in [7, 11) is 1.89. The lowest BCUT2D eigenvalue weighted by molar-refractivity contribution is 0.332. The highest BCUT2D eigenvalue weighted by Gasteiger charge is 2.12. The van der Waals surface area contributed by atoms with E-state index >= 15 is 0 Å². The van der Waals surface area contributed by atoms with Crippen molar-refractivity contribution in [3.05, 3.63) is 12.2 Å². The van der Waals surface area contributed by atoms with E-state index in [2.05, 4.69) is 32.6 Å². The zero-order chi connectivity index (χ0) is 15.6. The van der Waals surface area contributed by atoms with Gasteiger partial charge in [-0.15, -0.1) is 0 Å². The minimum atomic E-state index is 0.550. The van der Waals surface area contributed by atoms with Crippen LogP contribution < -0.4 is 10.6 Å². The Morgan fingerprint density at radius 2 is 2.14 bits per heavy atom. The summed E-state index contributed by atoms with van der Waals surface area (Å²) < 4.78 is 1.76. The van der Waals surface area contributed by atoms with Crippen molar-refractivity contribution in [3.63, 3.8) is 0 Å². The number of nitrogens with zero attached hydrogens (tertiary/aromatic N) is 4. The molecule has 0 saturated heterocycles. The Balaban J connectivity index is 1.70. The van der Waals surface area contributed by atoms with E-state index in [1.54, 1.807) is 11.0 Å². The first-order valence-electron chi connectivity index (χ1n) is 8.64. The first kappa shape index (κ1) is 16.8. The molecular weight excluding hydrogens is 276 g/mol. The summed E-state index contributed by atoms with van der Waals surface area (Å²) in [6.45, 7) is 4.49. The van der Waals surface area contributed by atoms with Crippen molar-refractivity contribution < 1.29 is 0 Å². The van der Waals surface area contributed by atoms with Gasteiger partial charge in [-0.2, -0.15) is 5.10 Å². The van der Waals surface area contributed by atoms with E-state index in [9.17, 15) is 0 Å². The van der Waals surface area contributed by atoms with Gasteiger partial charge in [0, 0.05) is 20.1 Å². The normalized spacial score (nSPS) is 16.7. The molecule has 2 N–H and O–H groups in total. The lowest BCUT2D eigenvalue weighted by Crippen LogP contribution is -2.38. The van der Waals surface area contributed by atoms with Gasteiger partial charge in [0.2, 0.25) is 0 Å². The minimum absolute atomic E-state index is 0.550. The molecule has 0 radical (unpaired) electrons. The second-order valence-electron chi connectivity index (χ2n) is 6.07. The van der Waals surface area contributed by atoms with Crippen LogP contribution in [0, 0.1) is 5.92 Å². The third kappa shape index (κ3) is 5.66. The zero-order valence-corrected chi connectivity index (χ0v) is 14.0. The summed E-state index contributed by atoms with van der Waals surface area (Å²) in [6.07, 6.45) is 11.3. The molecule has 1 saturated carbocycles. The maximum atomic E-state index is 4.57. The van der Waals surface area contributed by atoms with Gasteiger partial charge in [0.25, 0.3) is 0 Å². The molecule has 124 valence electrons. The summed E-state index contributed by atoms with van der Waals surface area (Å²) in [5.41, 5.74) is 0. The number of hydrogen-bond acceptors (Lipinski definition) is 3. The molecule has 6 heteroatoms. The molecule has 1 aliphatic carbocycles. The molecule has 0 aliphatic heterocycles. The number of hydrogen-bond donors (Lipinski definition) is 2. The van der Waals surface area contributed by atoms with Gasteiger partial charge in [0.05, 0.1) is 0 Å². The van der Waals surface area contributed by atoms with Crippen LogP contribution >= 0.6 is 0 Å². The predicted octanol–water partition coefficient (Wildman–Crippen LogP) is 2.23. The summed E-state index contributed by atoms with van der Waals surface area (Å²) in [5, 5.41) is 10.8. The Labute approximate surface area is 133 Å². The van der Waals surface area contributed by atoms with E-state index in [0.717, 1.165) is 30.8 Å². The van der Waals surface area contributed by atoms with Crippen LogP contribution in [-0.2, 0) is 13.6 Å². The largest absolute Gasteiger partial charge is 0.357 e. The molecule has 1 aliphatic rings. The van der Waals surface area contributed by atoms with Crippen LogP contribution in [0.2, 0.25) is 0 Å². The van der Waals surface area contributed by atoms with Crippen molar-refractivity contribution in [1.29, 1.82) is 0 Å². The number of aromatic nitrogens is 3. The molecule has 1 heterocycles. The first-order chi connectivity index (χ1) is 10.8. The molecule has 0 bridgehead atoms. The van der Waals surface area contributed by atoms with E-state index in [0.29, 0.717) is 6.54 Å². The van der Waals surface area contributed by atoms with Crippen LogP contribution in [0.5, 0.6) is 0 Å². The maximum absolute atomic E-state index is 4.57. The van der Waals surface area contributed by atoms with Crippen LogP contribution in [0.15, 0.2) is 11.3 Å². The number of aliphatic imine (C=N–C) groups is 1. The van der Waals surface area contributed by atoms with Gasteiger partial charge in [-0.1, -0.05) is 32.1 Å². The van der Waals surface area contributed by atoms with Crippen molar-refractivity contribution in [2.45, 2.75) is 58.4 Å². The van der Waals surface area contributed by atoms with Crippen molar-refractivity contribution in [2.75, 3.05) is 13.1 Å². The molecule has 0 atom stereocenters. The second-order valence-corrected chi connectivity index (χ2v) is 6.07. The van der Waals surface area contributed by atoms with Gasteiger partial charge >= 0.3 is 0 Å². The summed E-state index contributed by atoms with van der Waals surface area (Å²) >= 11 is 0. The van der Waals surface area contributed by atoms with Gasteiger partial charge in [-0.3, -0.25) is 4.68 Å². The number of aryl methyl sites for hydroxylation is 1. The Morgan fingerprint density at radius 3 is 2.82 bits per heavy atom. The highest BCUT2D eigenvalue weighted by Crippen LogP contribution is 2.26. The van der Waals surface area contributed by atoms with E-state index in [4.69, 9.17) is 0 Å². The van der Waals surface area contributed by atoms with Crippen molar-refractivity contribution in [2.24, 2.45) is 18.0 Å². The molecule has 1 aromatic heterocycles. The SMILES string of the molecule is CCNC(=NCc1ncnn1C)NCCCC1CCCCC1. The smallest absolute Gasteiger partial charge is 0.191 e. The van der Waals surface area contributed by atoms with Crippen LogP contribution in [0.25, 0.3) is 0 Å². The Kier molecular flexibility index (Phi) is 7.19. The fraction of sp³-hybridized carbons (Fsp3) is 0.812. The fourth-order valence-corrected chi connectivity index (χ4v) is 3.03. The van der Waals surface area contributed by atoms with Crippen molar-refractivity contribution >= 4 is 5.96 Å². The molecule has 0 unspecified atom stereocenters. The standard InChI is InChI=1S/C16H30N6/c1-3-17-16(19-12-15-20-13-21-22(15)2)18-11-7-10-14-8-5-4-6-9-14/h13-14H,3-12H2,1-2H3,(H2,17,18,19). The topological polar surface area (TPSA) is 67.1 Å². The molecule has 0 spiro atoms. The molecule has 1 fully saturated rings. The van der Waals surface area contributed by atoms with E-state index in [1.807, 2.05) is 7.05 Å². The number of guanidine groups is 1. The molecule has 1 aromatic rings. The van der Waals surface area contributed by atoms with Crippen LogP contribution in [0.1, 0.15) is 57.7 Å². The van der Waals surface area contributed by atoms with Gasteiger partial charge < -0.3 is 10.6 Å². The molecule has 2 rings (SSSR count). The van der Waals surface area contributed by atoms with Crippen LogP contribution in [0.3, 0.4) is 0 Å². The second kappa shape index (κ2) is 9.43. The quantitative estimate of drug-likeness (QED) is 0.460. The Hall–Kier alpha value is -1.59. The first-order valence-corrected chi connectivity index (χ1v) is 8.64. The van der Waals surface area contributed by atoms with E-state index in [-0.39, 0.29) is 0 Å². The molecule has 0 aromatic carbocycles. The molecular formula is C16H30N6. The summed E-state index contributed by atoms with van der Waals surface area (Å²) in [4.78, 5) is 8.77. The van der Waals surface area contributed by atoms with E-state index in [1.165, 1.54) is 44.9 Å².